The van der Waals surface area contributed by atoms with Crippen LogP contribution in [0.3, 0.4) is 0 Å². The van der Waals surface area contributed by atoms with Crippen LogP contribution in [0.4, 0.5) is 13.2 Å². The first-order valence-corrected chi connectivity index (χ1v) is 4.84. The van der Waals surface area contributed by atoms with Gasteiger partial charge in [0.05, 0.1) is 0 Å². The van der Waals surface area contributed by atoms with Gasteiger partial charge < -0.3 is 0 Å². The molecular formula is C10H9ClF3N. The first kappa shape index (κ1) is 12.0. The molecule has 0 unspecified atom stereocenters. The maximum absolute atomic E-state index is 12.4. The molecule has 5 heteroatoms. The summed E-state index contributed by atoms with van der Waals surface area (Å²) in [5.41, 5.74) is -0.800. The van der Waals surface area contributed by atoms with Crippen LogP contribution < -0.4 is 0 Å². The second kappa shape index (κ2) is 5.16. The Bertz CT molecular complexity index is 347. The highest BCUT2D eigenvalue weighted by Crippen LogP contribution is 2.30. The number of aromatic nitrogens is 1. The third-order valence-electron chi connectivity index (χ3n) is 1.68. The fourth-order valence-electron chi connectivity index (χ4n) is 1.06. The molecule has 0 bridgehead atoms. The number of alkyl halides is 4. The number of nitrogens with zero attached hydrogens (tertiary/aromatic N) is 1. The third-order valence-corrected chi connectivity index (χ3v) is 1.90. The predicted molar refractivity (Wildman–Crippen MR) is 53.6 cm³/mol. The molecule has 1 rings (SSSR count). The smallest absolute Gasteiger partial charge is 0.251 e. The fourth-order valence-corrected chi connectivity index (χ4v) is 1.19. The molecule has 0 amide bonds. The number of halogens is 4. The van der Waals surface area contributed by atoms with Crippen LogP contribution in [0.25, 0.3) is 6.08 Å². The largest absolute Gasteiger partial charge is 0.433 e. The number of rotatable bonds is 3. The van der Waals surface area contributed by atoms with Crippen molar-refractivity contribution in [2.45, 2.75) is 12.6 Å². The molecular weight excluding hydrogens is 227 g/mol. The molecule has 0 aromatic carbocycles. The van der Waals surface area contributed by atoms with Gasteiger partial charge in [-0.2, -0.15) is 13.2 Å². The summed E-state index contributed by atoms with van der Waals surface area (Å²) in [6.07, 6.45) is 0.231. The van der Waals surface area contributed by atoms with E-state index >= 15 is 0 Å². The van der Waals surface area contributed by atoms with Crippen molar-refractivity contribution in [3.8, 4) is 0 Å². The SMILES string of the molecule is FC(F)(F)c1ncccc1C=CCCCl. The van der Waals surface area contributed by atoms with Gasteiger partial charge in [-0.15, -0.1) is 11.6 Å². The molecule has 1 heterocycles. The second-order valence-corrected chi connectivity index (χ2v) is 3.20. The van der Waals surface area contributed by atoms with E-state index in [1.165, 1.54) is 18.2 Å². The minimum Gasteiger partial charge on any atom is -0.251 e. The molecule has 0 aliphatic heterocycles. The van der Waals surface area contributed by atoms with Crippen molar-refractivity contribution in [1.82, 2.24) is 4.98 Å². The molecule has 82 valence electrons. The van der Waals surface area contributed by atoms with Crippen molar-refractivity contribution in [2.75, 3.05) is 5.88 Å². The van der Waals surface area contributed by atoms with Crippen LogP contribution in [0.5, 0.6) is 0 Å². The lowest BCUT2D eigenvalue weighted by atomic mass is 10.1. The normalized spacial score (nSPS) is 12.3. The van der Waals surface area contributed by atoms with E-state index in [2.05, 4.69) is 4.98 Å². The van der Waals surface area contributed by atoms with Gasteiger partial charge in [0, 0.05) is 17.6 Å². The highest BCUT2D eigenvalue weighted by molar-refractivity contribution is 6.17. The molecule has 0 aliphatic carbocycles. The van der Waals surface area contributed by atoms with E-state index in [-0.39, 0.29) is 5.56 Å². The van der Waals surface area contributed by atoms with E-state index in [0.29, 0.717) is 12.3 Å². The van der Waals surface area contributed by atoms with E-state index in [1.807, 2.05) is 0 Å². The zero-order valence-electron chi connectivity index (χ0n) is 7.76. The minimum atomic E-state index is -4.41. The first-order chi connectivity index (χ1) is 7.05. The Hall–Kier alpha value is -1.03. The zero-order chi connectivity index (χ0) is 11.3. The number of hydrogen-bond donors (Lipinski definition) is 0. The summed E-state index contributed by atoms with van der Waals surface area (Å²) in [5.74, 6) is 0.387. The van der Waals surface area contributed by atoms with Crippen molar-refractivity contribution in [1.29, 1.82) is 0 Å². The molecule has 0 N–H and O–H groups in total. The average Bonchev–Trinajstić information content (AvgIpc) is 2.17. The highest BCUT2D eigenvalue weighted by atomic mass is 35.5. The van der Waals surface area contributed by atoms with Crippen LogP contribution >= 0.6 is 11.6 Å². The van der Waals surface area contributed by atoms with Crippen LogP contribution in [0.2, 0.25) is 0 Å². The number of pyridine rings is 1. The van der Waals surface area contributed by atoms with Crippen molar-refractivity contribution < 1.29 is 13.2 Å². The summed E-state index contributed by atoms with van der Waals surface area (Å²) < 4.78 is 37.3. The summed E-state index contributed by atoms with van der Waals surface area (Å²) in [5, 5.41) is 0. The predicted octanol–water partition coefficient (Wildman–Crippen LogP) is 3.74. The molecule has 0 aliphatic rings. The summed E-state index contributed by atoms with van der Waals surface area (Å²) in [4.78, 5) is 3.32. The summed E-state index contributed by atoms with van der Waals surface area (Å²) in [6.45, 7) is 0. The monoisotopic (exact) mass is 235 g/mol. The van der Waals surface area contributed by atoms with Crippen LogP contribution in [0.1, 0.15) is 17.7 Å². The van der Waals surface area contributed by atoms with E-state index < -0.39 is 11.9 Å². The Morgan fingerprint density at radius 3 is 2.73 bits per heavy atom. The van der Waals surface area contributed by atoms with Crippen molar-refractivity contribution >= 4 is 17.7 Å². The second-order valence-electron chi connectivity index (χ2n) is 2.82. The van der Waals surface area contributed by atoms with Gasteiger partial charge in [-0.3, -0.25) is 4.98 Å². The Kier molecular flexibility index (Phi) is 4.15. The van der Waals surface area contributed by atoms with Gasteiger partial charge in [0.25, 0.3) is 0 Å². The Morgan fingerprint density at radius 1 is 1.40 bits per heavy atom. The van der Waals surface area contributed by atoms with Crippen molar-refractivity contribution in [3.63, 3.8) is 0 Å². The quantitative estimate of drug-likeness (QED) is 0.728. The lowest BCUT2D eigenvalue weighted by Crippen LogP contribution is -2.09. The van der Waals surface area contributed by atoms with Crippen molar-refractivity contribution in [2.24, 2.45) is 0 Å². The summed E-state index contributed by atoms with van der Waals surface area (Å²) in [7, 11) is 0. The Balaban J connectivity index is 2.97. The molecule has 1 nitrogen and oxygen atoms in total. The van der Waals surface area contributed by atoms with Crippen LogP contribution in [0, 0.1) is 0 Å². The number of hydrogen-bond acceptors (Lipinski definition) is 1. The Morgan fingerprint density at radius 2 is 2.13 bits per heavy atom. The van der Waals surface area contributed by atoms with Gasteiger partial charge in [0.2, 0.25) is 0 Å². The molecule has 0 saturated carbocycles. The Labute approximate surface area is 90.6 Å². The van der Waals surface area contributed by atoms with E-state index in [1.54, 1.807) is 6.08 Å². The molecule has 1 aromatic heterocycles. The maximum atomic E-state index is 12.4. The lowest BCUT2D eigenvalue weighted by Gasteiger charge is -2.07. The zero-order valence-corrected chi connectivity index (χ0v) is 8.52. The van der Waals surface area contributed by atoms with Gasteiger partial charge in [0.1, 0.15) is 0 Å². The van der Waals surface area contributed by atoms with E-state index in [0.717, 1.165) is 6.20 Å². The van der Waals surface area contributed by atoms with Crippen LogP contribution in [0.15, 0.2) is 24.4 Å². The molecule has 0 spiro atoms. The standard InChI is InChI=1S/C10H9ClF3N/c11-6-2-1-4-8-5-3-7-15-9(8)10(12,13)14/h1,3-5,7H,2,6H2. The highest BCUT2D eigenvalue weighted by Gasteiger charge is 2.34. The van der Waals surface area contributed by atoms with Crippen LogP contribution in [-0.4, -0.2) is 10.9 Å². The van der Waals surface area contributed by atoms with Gasteiger partial charge >= 0.3 is 6.18 Å². The topological polar surface area (TPSA) is 12.9 Å². The fraction of sp³-hybridized carbons (Fsp3) is 0.300. The van der Waals surface area contributed by atoms with Crippen molar-refractivity contribution in [3.05, 3.63) is 35.7 Å². The molecule has 1 aromatic rings. The molecule has 0 atom stereocenters. The molecule has 0 saturated heterocycles. The van der Waals surface area contributed by atoms with Gasteiger partial charge in [-0.05, 0) is 12.5 Å². The van der Waals surface area contributed by atoms with Gasteiger partial charge in [0.15, 0.2) is 5.69 Å². The van der Waals surface area contributed by atoms with Gasteiger partial charge in [-0.1, -0.05) is 18.2 Å². The minimum absolute atomic E-state index is 0.0649. The van der Waals surface area contributed by atoms with E-state index in [4.69, 9.17) is 11.6 Å². The van der Waals surface area contributed by atoms with E-state index in [9.17, 15) is 13.2 Å². The molecule has 0 radical (unpaired) electrons. The molecule has 0 fully saturated rings. The molecule has 15 heavy (non-hydrogen) atoms. The summed E-state index contributed by atoms with van der Waals surface area (Å²) in [6, 6.07) is 2.84. The first-order valence-electron chi connectivity index (χ1n) is 4.30. The number of allylic oxidation sites excluding steroid dienone is 1. The lowest BCUT2D eigenvalue weighted by molar-refractivity contribution is -0.141. The average molecular weight is 236 g/mol. The van der Waals surface area contributed by atoms with Gasteiger partial charge in [-0.25, -0.2) is 0 Å². The van der Waals surface area contributed by atoms with Crippen LogP contribution in [-0.2, 0) is 6.18 Å². The third kappa shape index (κ3) is 3.55. The summed E-state index contributed by atoms with van der Waals surface area (Å²) >= 11 is 5.41. The maximum Gasteiger partial charge on any atom is 0.433 e.